The van der Waals surface area contributed by atoms with Crippen molar-refractivity contribution in [2.75, 3.05) is 11.9 Å². The summed E-state index contributed by atoms with van der Waals surface area (Å²) in [7, 11) is 0. The SMILES string of the molecule is CC(C)(C)c1ccc(OCCCC(=O)Nc2cccc(CNC(=O)CC#N)c2)cc1. The van der Waals surface area contributed by atoms with Crippen molar-refractivity contribution in [2.45, 2.75) is 52.0 Å². The van der Waals surface area contributed by atoms with Crippen LogP contribution in [0.2, 0.25) is 0 Å². The first-order chi connectivity index (χ1) is 14.3. The second-order valence-corrected chi connectivity index (χ2v) is 8.09. The molecule has 0 aliphatic carbocycles. The van der Waals surface area contributed by atoms with E-state index in [9.17, 15) is 9.59 Å². The van der Waals surface area contributed by atoms with Gasteiger partial charge in [0, 0.05) is 18.7 Å². The summed E-state index contributed by atoms with van der Waals surface area (Å²) in [5, 5.41) is 14.0. The smallest absolute Gasteiger partial charge is 0.234 e. The van der Waals surface area contributed by atoms with Gasteiger partial charge in [-0.05, 0) is 47.2 Å². The van der Waals surface area contributed by atoms with E-state index in [4.69, 9.17) is 10.00 Å². The Morgan fingerprint density at radius 3 is 2.47 bits per heavy atom. The van der Waals surface area contributed by atoms with Crippen LogP contribution in [0, 0.1) is 11.3 Å². The molecule has 0 fully saturated rings. The third kappa shape index (κ3) is 7.96. The van der Waals surface area contributed by atoms with Crippen molar-refractivity contribution in [2.24, 2.45) is 0 Å². The predicted molar refractivity (Wildman–Crippen MR) is 117 cm³/mol. The van der Waals surface area contributed by atoms with E-state index >= 15 is 0 Å². The van der Waals surface area contributed by atoms with Gasteiger partial charge in [-0.15, -0.1) is 0 Å². The molecule has 0 aliphatic rings. The number of rotatable bonds is 9. The normalized spacial score (nSPS) is 10.7. The Bertz CT molecular complexity index is 893. The molecule has 0 aliphatic heterocycles. The largest absolute Gasteiger partial charge is 0.494 e. The topological polar surface area (TPSA) is 91.2 Å². The minimum atomic E-state index is -0.319. The fraction of sp³-hybridized carbons (Fsp3) is 0.375. The maximum Gasteiger partial charge on any atom is 0.234 e. The van der Waals surface area contributed by atoms with Crippen LogP contribution < -0.4 is 15.4 Å². The first-order valence-corrected chi connectivity index (χ1v) is 10.0. The van der Waals surface area contributed by atoms with E-state index < -0.39 is 0 Å². The molecule has 0 saturated heterocycles. The lowest BCUT2D eigenvalue weighted by Crippen LogP contribution is -2.22. The first-order valence-electron chi connectivity index (χ1n) is 10.0. The fourth-order valence-electron chi connectivity index (χ4n) is 2.79. The highest BCUT2D eigenvalue weighted by Gasteiger charge is 2.13. The van der Waals surface area contributed by atoms with E-state index in [0.29, 0.717) is 31.7 Å². The van der Waals surface area contributed by atoms with Gasteiger partial charge in [-0.25, -0.2) is 0 Å². The van der Waals surface area contributed by atoms with Crippen LogP contribution in [0.25, 0.3) is 0 Å². The molecule has 6 nitrogen and oxygen atoms in total. The Morgan fingerprint density at radius 2 is 1.80 bits per heavy atom. The van der Waals surface area contributed by atoms with Crippen molar-refractivity contribution >= 4 is 17.5 Å². The Hall–Kier alpha value is -3.33. The minimum Gasteiger partial charge on any atom is -0.494 e. The van der Waals surface area contributed by atoms with Crippen LogP contribution in [0.1, 0.15) is 51.2 Å². The Balaban J connectivity index is 1.72. The number of nitrogens with zero attached hydrogens (tertiary/aromatic N) is 1. The van der Waals surface area contributed by atoms with Gasteiger partial charge >= 0.3 is 0 Å². The molecule has 2 rings (SSSR count). The number of carbonyl (C=O) groups is 2. The van der Waals surface area contributed by atoms with Crippen molar-refractivity contribution in [3.8, 4) is 11.8 Å². The Labute approximate surface area is 178 Å². The summed E-state index contributed by atoms with van der Waals surface area (Å²) >= 11 is 0. The summed E-state index contributed by atoms with van der Waals surface area (Å²) in [6, 6.07) is 17.1. The standard InChI is InChI=1S/C24H29N3O3/c1-24(2,3)19-9-11-21(12-10-19)30-15-5-8-23(29)27-20-7-4-6-18(16-20)17-26-22(28)13-14-25/h4,6-7,9-12,16H,5,8,13,15,17H2,1-3H3,(H,26,28)(H,27,29). The lowest BCUT2D eigenvalue weighted by Gasteiger charge is -2.19. The molecule has 0 radical (unpaired) electrons. The lowest BCUT2D eigenvalue weighted by molar-refractivity contribution is -0.120. The summed E-state index contributed by atoms with van der Waals surface area (Å²) in [6.45, 7) is 7.28. The molecule has 0 bridgehead atoms. The number of amides is 2. The molecule has 6 heteroatoms. The molecule has 30 heavy (non-hydrogen) atoms. The Kier molecular flexibility index (Phi) is 8.42. The summed E-state index contributed by atoms with van der Waals surface area (Å²) in [6.07, 6.45) is 0.791. The summed E-state index contributed by atoms with van der Waals surface area (Å²) in [5.74, 6) is 0.391. The molecule has 0 unspecified atom stereocenters. The van der Waals surface area contributed by atoms with E-state index in [2.05, 4.69) is 43.5 Å². The van der Waals surface area contributed by atoms with Crippen LogP contribution in [0.4, 0.5) is 5.69 Å². The van der Waals surface area contributed by atoms with Gasteiger partial charge < -0.3 is 15.4 Å². The molecule has 0 spiro atoms. The highest BCUT2D eigenvalue weighted by Crippen LogP contribution is 2.24. The van der Waals surface area contributed by atoms with Gasteiger partial charge in [0.2, 0.25) is 11.8 Å². The van der Waals surface area contributed by atoms with E-state index in [-0.39, 0.29) is 23.7 Å². The monoisotopic (exact) mass is 407 g/mol. The molecule has 2 aromatic rings. The van der Waals surface area contributed by atoms with E-state index in [0.717, 1.165) is 11.3 Å². The zero-order chi connectivity index (χ0) is 22.0. The van der Waals surface area contributed by atoms with Gasteiger partial charge in [0.25, 0.3) is 0 Å². The van der Waals surface area contributed by atoms with Crippen molar-refractivity contribution < 1.29 is 14.3 Å². The molecular formula is C24H29N3O3. The fourth-order valence-corrected chi connectivity index (χ4v) is 2.79. The van der Waals surface area contributed by atoms with Crippen LogP contribution in [0.15, 0.2) is 48.5 Å². The second-order valence-electron chi connectivity index (χ2n) is 8.09. The number of ether oxygens (including phenoxy) is 1. The van der Waals surface area contributed by atoms with Gasteiger partial charge in [-0.3, -0.25) is 9.59 Å². The highest BCUT2D eigenvalue weighted by molar-refractivity contribution is 5.90. The minimum absolute atomic E-state index is 0.0904. The molecule has 0 atom stereocenters. The Morgan fingerprint density at radius 1 is 1.07 bits per heavy atom. The van der Waals surface area contributed by atoms with Crippen LogP contribution >= 0.6 is 0 Å². The van der Waals surface area contributed by atoms with E-state index in [1.165, 1.54) is 5.56 Å². The molecule has 2 aromatic carbocycles. The van der Waals surface area contributed by atoms with Crippen molar-refractivity contribution in [3.63, 3.8) is 0 Å². The molecule has 0 saturated carbocycles. The van der Waals surface area contributed by atoms with Gasteiger partial charge in [0.05, 0.1) is 12.7 Å². The number of nitrogens with one attached hydrogen (secondary N) is 2. The third-order valence-electron chi connectivity index (χ3n) is 4.48. The van der Waals surface area contributed by atoms with Gasteiger partial charge in [-0.1, -0.05) is 45.0 Å². The highest BCUT2D eigenvalue weighted by atomic mass is 16.5. The number of benzene rings is 2. The van der Waals surface area contributed by atoms with Gasteiger partial charge in [-0.2, -0.15) is 5.26 Å². The van der Waals surface area contributed by atoms with Crippen LogP contribution in [0.5, 0.6) is 5.75 Å². The predicted octanol–water partition coefficient (Wildman–Crippen LogP) is 4.31. The van der Waals surface area contributed by atoms with Crippen LogP contribution in [0.3, 0.4) is 0 Å². The summed E-state index contributed by atoms with van der Waals surface area (Å²) in [5.41, 5.74) is 2.88. The van der Waals surface area contributed by atoms with Gasteiger partial charge in [0.1, 0.15) is 12.2 Å². The zero-order valence-corrected chi connectivity index (χ0v) is 17.8. The molecular weight excluding hydrogens is 378 g/mol. The molecule has 0 aromatic heterocycles. The maximum absolute atomic E-state index is 12.2. The van der Waals surface area contributed by atoms with Crippen LogP contribution in [-0.2, 0) is 21.5 Å². The summed E-state index contributed by atoms with van der Waals surface area (Å²) < 4.78 is 5.72. The van der Waals surface area contributed by atoms with Crippen LogP contribution in [-0.4, -0.2) is 18.4 Å². The lowest BCUT2D eigenvalue weighted by atomic mass is 9.87. The second kappa shape index (κ2) is 11.0. The van der Waals surface area contributed by atoms with E-state index in [1.54, 1.807) is 18.2 Å². The average molecular weight is 408 g/mol. The maximum atomic E-state index is 12.2. The third-order valence-corrected chi connectivity index (χ3v) is 4.48. The first kappa shape index (κ1) is 23.0. The van der Waals surface area contributed by atoms with Crippen molar-refractivity contribution in [3.05, 3.63) is 59.7 Å². The number of anilines is 1. The molecule has 2 amide bonds. The summed E-state index contributed by atoms with van der Waals surface area (Å²) in [4.78, 5) is 23.5. The molecule has 2 N–H and O–H groups in total. The van der Waals surface area contributed by atoms with Gasteiger partial charge in [0.15, 0.2) is 0 Å². The molecule has 158 valence electrons. The van der Waals surface area contributed by atoms with Crippen molar-refractivity contribution in [1.29, 1.82) is 5.26 Å². The number of nitriles is 1. The van der Waals surface area contributed by atoms with E-state index in [1.807, 2.05) is 24.3 Å². The number of hydrogen-bond acceptors (Lipinski definition) is 4. The average Bonchev–Trinajstić information content (AvgIpc) is 2.70. The number of carbonyl (C=O) groups excluding carboxylic acids is 2. The van der Waals surface area contributed by atoms with Crippen molar-refractivity contribution in [1.82, 2.24) is 5.32 Å². The zero-order valence-electron chi connectivity index (χ0n) is 17.8. The quantitative estimate of drug-likeness (QED) is 0.606. The molecule has 0 heterocycles. The number of hydrogen-bond donors (Lipinski definition) is 2.